The van der Waals surface area contributed by atoms with Crippen molar-refractivity contribution in [3.8, 4) is 0 Å². The standard InChI is InChI=1S/C18H20F3N5O/c19-18(20,21)14-2-1-3-15(10-14)25-17(27)24-11-13-4-8-26(9-5-13)16-12-22-6-7-23-16/h1-3,6-7,10,12-13H,4-5,8-9,11H2,(H2,24,25,27). The number of hydrogen-bond acceptors (Lipinski definition) is 4. The van der Waals surface area contributed by atoms with E-state index < -0.39 is 17.8 Å². The number of benzene rings is 1. The summed E-state index contributed by atoms with van der Waals surface area (Å²) in [6, 6.07) is 4.06. The van der Waals surface area contributed by atoms with Crippen molar-refractivity contribution < 1.29 is 18.0 Å². The third-order valence-electron chi connectivity index (χ3n) is 4.49. The minimum absolute atomic E-state index is 0.111. The third kappa shape index (κ3) is 5.32. The number of hydrogen-bond donors (Lipinski definition) is 2. The van der Waals surface area contributed by atoms with Gasteiger partial charge in [0.15, 0.2) is 0 Å². The molecule has 1 aliphatic rings. The molecule has 9 heteroatoms. The minimum atomic E-state index is -4.44. The molecular formula is C18H20F3N5O. The second kappa shape index (κ2) is 8.24. The molecule has 144 valence electrons. The summed E-state index contributed by atoms with van der Waals surface area (Å²) in [7, 11) is 0. The summed E-state index contributed by atoms with van der Waals surface area (Å²) in [6.07, 6.45) is 2.34. The van der Waals surface area contributed by atoms with Gasteiger partial charge in [0, 0.05) is 37.7 Å². The van der Waals surface area contributed by atoms with Crippen LogP contribution in [0.25, 0.3) is 0 Å². The number of aromatic nitrogens is 2. The Morgan fingerprint density at radius 2 is 2.00 bits per heavy atom. The Labute approximate surface area is 154 Å². The average molecular weight is 379 g/mol. The van der Waals surface area contributed by atoms with Crippen LogP contribution in [0.15, 0.2) is 42.9 Å². The molecule has 0 spiro atoms. The zero-order chi connectivity index (χ0) is 19.3. The summed E-state index contributed by atoms with van der Waals surface area (Å²) in [4.78, 5) is 22.5. The summed E-state index contributed by atoms with van der Waals surface area (Å²) < 4.78 is 38.1. The van der Waals surface area contributed by atoms with Gasteiger partial charge in [-0.05, 0) is 37.0 Å². The van der Waals surface area contributed by atoms with Gasteiger partial charge < -0.3 is 15.5 Å². The molecule has 1 saturated heterocycles. The van der Waals surface area contributed by atoms with Crippen LogP contribution >= 0.6 is 0 Å². The SMILES string of the molecule is O=C(NCC1CCN(c2cnccn2)CC1)Nc1cccc(C(F)(F)F)c1. The largest absolute Gasteiger partial charge is 0.416 e. The van der Waals surface area contributed by atoms with Crippen LogP contribution in [0, 0.1) is 5.92 Å². The smallest absolute Gasteiger partial charge is 0.355 e. The van der Waals surface area contributed by atoms with Crippen molar-refractivity contribution in [1.29, 1.82) is 0 Å². The van der Waals surface area contributed by atoms with E-state index in [0.717, 1.165) is 43.9 Å². The molecule has 0 atom stereocenters. The second-order valence-electron chi connectivity index (χ2n) is 6.41. The molecular weight excluding hydrogens is 359 g/mol. The minimum Gasteiger partial charge on any atom is -0.355 e. The number of rotatable bonds is 4. The van der Waals surface area contributed by atoms with Gasteiger partial charge >= 0.3 is 12.2 Å². The van der Waals surface area contributed by atoms with Gasteiger partial charge in [-0.15, -0.1) is 0 Å². The number of anilines is 2. The molecule has 2 amide bonds. The van der Waals surface area contributed by atoms with Gasteiger partial charge in [0.25, 0.3) is 0 Å². The molecule has 1 aliphatic heterocycles. The van der Waals surface area contributed by atoms with E-state index in [0.29, 0.717) is 12.5 Å². The maximum absolute atomic E-state index is 12.7. The van der Waals surface area contributed by atoms with Crippen molar-refractivity contribution >= 4 is 17.5 Å². The van der Waals surface area contributed by atoms with Gasteiger partial charge in [-0.2, -0.15) is 13.2 Å². The lowest BCUT2D eigenvalue weighted by molar-refractivity contribution is -0.137. The number of urea groups is 1. The van der Waals surface area contributed by atoms with Crippen molar-refractivity contribution in [3.63, 3.8) is 0 Å². The maximum Gasteiger partial charge on any atom is 0.416 e. The predicted molar refractivity (Wildman–Crippen MR) is 95.4 cm³/mol. The molecule has 0 radical (unpaired) electrons. The molecule has 0 saturated carbocycles. The van der Waals surface area contributed by atoms with Gasteiger partial charge in [0.1, 0.15) is 5.82 Å². The first kappa shape index (κ1) is 18.9. The number of nitrogens with zero attached hydrogens (tertiary/aromatic N) is 3. The van der Waals surface area contributed by atoms with Crippen LogP contribution in [0.3, 0.4) is 0 Å². The van der Waals surface area contributed by atoms with Crippen molar-refractivity contribution in [2.24, 2.45) is 5.92 Å². The number of alkyl halides is 3. The van der Waals surface area contributed by atoms with Crippen LogP contribution in [-0.2, 0) is 6.18 Å². The summed E-state index contributed by atoms with van der Waals surface area (Å²) >= 11 is 0. The van der Waals surface area contributed by atoms with Crippen LogP contribution in [0.1, 0.15) is 18.4 Å². The lowest BCUT2D eigenvalue weighted by atomic mass is 9.97. The number of carbonyl (C=O) groups excluding carboxylic acids is 1. The quantitative estimate of drug-likeness (QED) is 0.853. The lowest BCUT2D eigenvalue weighted by Gasteiger charge is -2.32. The highest BCUT2D eigenvalue weighted by molar-refractivity contribution is 5.89. The number of halogens is 3. The maximum atomic E-state index is 12.7. The lowest BCUT2D eigenvalue weighted by Crippen LogP contribution is -2.40. The van der Waals surface area contributed by atoms with Gasteiger partial charge in [-0.3, -0.25) is 4.98 Å². The van der Waals surface area contributed by atoms with Crippen LogP contribution in [0.5, 0.6) is 0 Å². The molecule has 6 nitrogen and oxygen atoms in total. The van der Waals surface area contributed by atoms with Crippen molar-refractivity contribution in [2.45, 2.75) is 19.0 Å². The van der Waals surface area contributed by atoms with E-state index in [-0.39, 0.29) is 5.69 Å². The fourth-order valence-corrected chi connectivity index (χ4v) is 3.01. The number of nitrogens with one attached hydrogen (secondary N) is 2. The highest BCUT2D eigenvalue weighted by Gasteiger charge is 2.30. The summed E-state index contributed by atoms with van der Waals surface area (Å²) in [5.41, 5.74) is -0.684. The predicted octanol–water partition coefficient (Wildman–Crippen LogP) is 3.53. The topological polar surface area (TPSA) is 70.2 Å². The molecule has 2 aromatic rings. The fourth-order valence-electron chi connectivity index (χ4n) is 3.01. The van der Waals surface area contributed by atoms with E-state index in [2.05, 4.69) is 25.5 Å². The molecule has 1 aromatic carbocycles. The van der Waals surface area contributed by atoms with Crippen molar-refractivity contribution in [2.75, 3.05) is 29.9 Å². The van der Waals surface area contributed by atoms with Crippen LogP contribution < -0.4 is 15.5 Å². The Bertz CT molecular complexity index is 761. The zero-order valence-electron chi connectivity index (χ0n) is 14.5. The Morgan fingerprint density at radius 3 is 2.67 bits per heavy atom. The van der Waals surface area contributed by atoms with E-state index in [1.54, 1.807) is 18.6 Å². The monoisotopic (exact) mass is 379 g/mol. The first-order chi connectivity index (χ1) is 12.9. The molecule has 27 heavy (non-hydrogen) atoms. The van der Waals surface area contributed by atoms with E-state index in [1.165, 1.54) is 12.1 Å². The second-order valence-corrected chi connectivity index (χ2v) is 6.41. The first-order valence-corrected chi connectivity index (χ1v) is 8.65. The summed E-state index contributed by atoms with van der Waals surface area (Å²) in [5, 5.41) is 5.19. The Morgan fingerprint density at radius 1 is 1.22 bits per heavy atom. The highest BCUT2D eigenvalue weighted by Crippen LogP contribution is 2.30. The molecule has 0 aliphatic carbocycles. The molecule has 0 unspecified atom stereocenters. The molecule has 1 fully saturated rings. The Hall–Kier alpha value is -2.84. The van der Waals surface area contributed by atoms with Gasteiger partial charge in [-0.1, -0.05) is 6.07 Å². The average Bonchev–Trinajstić information content (AvgIpc) is 2.67. The van der Waals surface area contributed by atoms with Crippen molar-refractivity contribution in [1.82, 2.24) is 15.3 Å². The van der Waals surface area contributed by atoms with Crippen LogP contribution in [0.4, 0.5) is 29.5 Å². The van der Waals surface area contributed by atoms with Gasteiger partial charge in [0.2, 0.25) is 0 Å². The highest BCUT2D eigenvalue weighted by atomic mass is 19.4. The van der Waals surface area contributed by atoms with Crippen molar-refractivity contribution in [3.05, 3.63) is 48.4 Å². The van der Waals surface area contributed by atoms with Gasteiger partial charge in [-0.25, -0.2) is 9.78 Å². The molecule has 2 heterocycles. The van der Waals surface area contributed by atoms with E-state index in [4.69, 9.17) is 0 Å². The van der Waals surface area contributed by atoms with Crippen LogP contribution in [-0.4, -0.2) is 35.6 Å². The van der Waals surface area contributed by atoms with E-state index >= 15 is 0 Å². The van der Waals surface area contributed by atoms with Gasteiger partial charge in [0.05, 0.1) is 11.8 Å². The van der Waals surface area contributed by atoms with Crippen LogP contribution in [0.2, 0.25) is 0 Å². The normalized spacial score (nSPS) is 15.4. The molecule has 3 rings (SSSR count). The van der Waals surface area contributed by atoms with E-state index in [9.17, 15) is 18.0 Å². The molecule has 2 N–H and O–H groups in total. The Kier molecular flexibility index (Phi) is 5.78. The number of amides is 2. The number of piperidine rings is 1. The molecule has 0 bridgehead atoms. The Balaban J connectivity index is 1.44. The zero-order valence-corrected chi connectivity index (χ0v) is 14.5. The first-order valence-electron chi connectivity index (χ1n) is 8.65. The third-order valence-corrected chi connectivity index (χ3v) is 4.49. The fraction of sp³-hybridized carbons (Fsp3) is 0.389. The summed E-state index contributed by atoms with van der Waals surface area (Å²) in [5.74, 6) is 1.15. The van der Waals surface area contributed by atoms with E-state index in [1.807, 2.05) is 0 Å². The number of carbonyl (C=O) groups is 1. The molecule has 1 aromatic heterocycles. The summed E-state index contributed by atoms with van der Waals surface area (Å²) in [6.45, 7) is 2.11.